The fourth-order valence-corrected chi connectivity index (χ4v) is 5.27. The van der Waals surface area contributed by atoms with Gasteiger partial charge in [-0.2, -0.15) is 9.37 Å². The highest BCUT2D eigenvalue weighted by molar-refractivity contribution is 7.09. The van der Waals surface area contributed by atoms with Gasteiger partial charge in [-0.05, 0) is 44.0 Å². The highest BCUT2D eigenvalue weighted by Gasteiger charge is 2.32. The van der Waals surface area contributed by atoms with Crippen molar-refractivity contribution in [2.75, 3.05) is 26.2 Å². The van der Waals surface area contributed by atoms with Crippen molar-refractivity contribution in [3.8, 4) is 5.88 Å². The molecule has 0 radical (unpaired) electrons. The fourth-order valence-electron chi connectivity index (χ4n) is 4.09. The minimum absolute atomic E-state index is 0.0363. The number of nitrogens with zero attached hydrogens (tertiary/aromatic N) is 4. The molecule has 0 spiro atoms. The molecule has 1 aliphatic rings. The number of rotatable bonds is 9. The van der Waals surface area contributed by atoms with Crippen LogP contribution in [0.4, 0.5) is 17.6 Å². The molecule has 2 aromatic heterocycles. The molecule has 1 saturated heterocycles. The molecule has 1 aromatic carbocycles. The lowest BCUT2D eigenvalue weighted by molar-refractivity contribution is 0.0866. The maximum Gasteiger partial charge on any atom is 0.281 e. The summed E-state index contributed by atoms with van der Waals surface area (Å²) in [5.74, 6) is -2.01. The molecule has 0 saturated carbocycles. The van der Waals surface area contributed by atoms with Crippen LogP contribution in [0, 0.1) is 17.7 Å². The first-order valence-corrected chi connectivity index (χ1v) is 12.4. The van der Waals surface area contributed by atoms with Crippen molar-refractivity contribution in [3.05, 3.63) is 69.0 Å². The van der Waals surface area contributed by atoms with Crippen LogP contribution in [0.15, 0.2) is 36.1 Å². The number of hydrogen-bond acceptors (Lipinski definition) is 7. The predicted octanol–water partition coefficient (Wildman–Crippen LogP) is 5.06. The van der Waals surface area contributed by atoms with E-state index >= 15 is 0 Å². The molecule has 7 nitrogen and oxygen atoms in total. The number of halogens is 5. The van der Waals surface area contributed by atoms with Crippen LogP contribution in [0.5, 0.6) is 5.88 Å². The molecule has 1 atom stereocenters. The Morgan fingerprint density at radius 2 is 2.03 bits per heavy atom. The second kappa shape index (κ2) is 11.9. The van der Waals surface area contributed by atoms with Crippen molar-refractivity contribution >= 4 is 28.8 Å². The van der Waals surface area contributed by atoms with E-state index in [4.69, 9.17) is 16.3 Å². The minimum Gasteiger partial charge on any atom is -0.476 e. The number of hydrogen-bond donors (Lipinski definition) is 1. The van der Waals surface area contributed by atoms with Crippen LogP contribution >= 0.6 is 22.9 Å². The minimum atomic E-state index is -2.77. The van der Waals surface area contributed by atoms with Gasteiger partial charge in [0.15, 0.2) is 0 Å². The number of carbonyl (C=O) groups is 1. The molecule has 4 rings (SSSR count). The third-order valence-corrected chi connectivity index (χ3v) is 7.18. The van der Waals surface area contributed by atoms with Gasteiger partial charge in [-0.15, -0.1) is 11.3 Å². The van der Waals surface area contributed by atoms with Gasteiger partial charge < -0.3 is 10.1 Å². The van der Waals surface area contributed by atoms with E-state index in [0.717, 1.165) is 23.6 Å². The van der Waals surface area contributed by atoms with E-state index in [-0.39, 0.29) is 34.6 Å². The molecule has 13 heteroatoms. The molecule has 3 heterocycles. The second-order valence-electron chi connectivity index (χ2n) is 8.20. The number of likely N-dealkylation sites (tertiary alicyclic amines) is 1. The van der Waals surface area contributed by atoms with E-state index < -0.39 is 30.1 Å². The van der Waals surface area contributed by atoms with Crippen LogP contribution < -0.4 is 10.1 Å². The maximum absolute atomic E-state index is 14.2. The van der Waals surface area contributed by atoms with E-state index in [9.17, 15) is 22.4 Å². The largest absolute Gasteiger partial charge is 0.476 e. The Morgan fingerprint density at radius 1 is 1.25 bits per heavy atom. The van der Waals surface area contributed by atoms with Gasteiger partial charge in [0.05, 0.1) is 46.0 Å². The lowest BCUT2D eigenvalue weighted by Gasteiger charge is -2.37. The Hall–Kier alpha value is -2.83. The number of nitrogens with one attached hydrogen (secondary N) is 1. The van der Waals surface area contributed by atoms with Crippen molar-refractivity contribution in [3.63, 3.8) is 0 Å². The Morgan fingerprint density at radius 3 is 2.72 bits per heavy atom. The number of thiazole rings is 1. The van der Waals surface area contributed by atoms with Crippen molar-refractivity contribution in [1.29, 1.82) is 0 Å². The van der Waals surface area contributed by atoms with Gasteiger partial charge in [-0.3, -0.25) is 14.7 Å². The van der Waals surface area contributed by atoms with Gasteiger partial charge in [0, 0.05) is 6.54 Å². The smallest absolute Gasteiger partial charge is 0.281 e. The van der Waals surface area contributed by atoms with E-state index in [1.807, 2.05) is 4.90 Å². The van der Waals surface area contributed by atoms with Gasteiger partial charge >= 0.3 is 0 Å². The number of carbonyl (C=O) groups excluding carboxylic acids is 1. The standard InChI is InChI=1S/C23H22ClF4N5O2S/c24-14-2-1-3-15(25)19(14)23(34)30-8-16(21-20(22(27)28)31-12-36-21)33-6-4-13(5-7-33)11-35-18-10-29-9-17(26)32-18/h1-3,9-10,12-13,16,22H,4-8,11H2,(H,30,34). The summed E-state index contributed by atoms with van der Waals surface area (Å²) in [6.07, 6.45) is 0.889. The molecule has 1 aliphatic heterocycles. The van der Waals surface area contributed by atoms with Gasteiger partial charge in [-0.1, -0.05) is 17.7 Å². The number of benzene rings is 1. The van der Waals surface area contributed by atoms with E-state index in [2.05, 4.69) is 20.3 Å². The highest BCUT2D eigenvalue weighted by atomic mass is 35.5. The van der Waals surface area contributed by atoms with Crippen molar-refractivity contribution in [2.24, 2.45) is 5.92 Å². The van der Waals surface area contributed by atoms with Gasteiger partial charge in [0.2, 0.25) is 11.8 Å². The van der Waals surface area contributed by atoms with E-state index in [1.165, 1.54) is 23.8 Å². The summed E-state index contributed by atoms with van der Waals surface area (Å²) in [5, 5.41) is 2.61. The Kier molecular flexibility index (Phi) is 8.70. The lowest BCUT2D eigenvalue weighted by Crippen LogP contribution is -2.43. The monoisotopic (exact) mass is 543 g/mol. The average Bonchev–Trinajstić information content (AvgIpc) is 3.34. The summed E-state index contributed by atoms with van der Waals surface area (Å²) in [6.45, 7) is 1.34. The zero-order valence-electron chi connectivity index (χ0n) is 18.8. The van der Waals surface area contributed by atoms with Crippen molar-refractivity contribution in [1.82, 2.24) is 25.2 Å². The number of aromatic nitrogens is 3. The fraction of sp³-hybridized carbons (Fsp3) is 0.391. The maximum atomic E-state index is 14.2. The molecule has 192 valence electrons. The Labute approximate surface area is 213 Å². The summed E-state index contributed by atoms with van der Waals surface area (Å²) in [4.78, 5) is 26.2. The topological polar surface area (TPSA) is 80.2 Å². The molecule has 1 fully saturated rings. The Balaban J connectivity index is 1.43. The second-order valence-corrected chi connectivity index (χ2v) is 9.49. The van der Waals surface area contributed by atoms with Crippen LogP contribution in [-0.2, 0) is 0 Å². The highest BCUT2D eigenvalue weighted by Crippen LogP contribution is 2.35. The Bertz CT molecular complexity index is 1170. The van der Waals surface area contributed by atoms with Gasteiger partial charge in [0.25, 0.3) is 12.3 Å². The van der Waals surface area contributed by atoms with Gasteiger partial charge in [0.1, 0.15) is 11.5 Å². The summed E-state index contributed by atoms with van der Waals surface area (Å²) in [6, 6.07) is 3.32. The SMILES string of the molecule is O=C(NCC(c1scnc1C(F)F)N1CCC(COc2cncc(F)n2)CC1)c1c(F)cccc1Cl. The first-order chi connectivity index (χ1) is 17.3. The predicted molar refractivity (Wildman–Crippen MR) is 125 cm³/mol. The molecule has 0 bridgehead atoms. The van der Waals surface area contributed by atoms with Crippen LogP contribution in [0.3, 0.4) is 0 Å². The summed E-state index contributed by atoms with van der Waals surface area (Å²) in [7, 11) is 0. The van der Waals surface area contributed by atoms with Crippen LogP contribution in [-0.4, -0.2) is 52.0 Å². The normalized spacial score (nSPS) is 15.7. The number of amides is 1. The summed E-state index contributed by atoms with van der Waals surface area (Å²) < 4.78 is 60.2. The van der Waals surface area contributed by atoms with Crippen LogP contribution in [0.2, 0.25) is 5.02 Å². The van der Waals surface area contributed by atoms with Gasteiger partial charge in [-0.25, -0.2) is 18.2 Å². The van der Waals surface area contributed by atoms with E-state index in [1.54, 1.807) is 0 Å². The van der Waals surface area contributed by atoms with E-state index in [0.29, 0.717) is 37.4 Å². The zero-order chi connectivity index (χ0) is 25.7. The summed E-state index contributed by atoms with van der Waals surface area (Å²) >= 11 is 7.08. The molecular weight excluding hydrogens is 522 g/mol. The molecule has 3 aromatic rings. The number of ether oxygens (including phenoxy) is 1. The van der Waals surface area contributed by atoms with Crippen LogP contribution in [0.25, 0.3) is 0 Å². The zero-order valence-corrected chi connectivity index (χ0v) is 20.4. The lowest BCUT2D eigenvalue weighted by atomic mass is 9.96. The first-order valence-electron chi connectivity index (χ1n) is 11.1. The summed E-state index contributed by atoms with van der Waals surface area (Å²) in [5.41, 5.74) is 0.714. The first kappa shape index (κ1) is 26.2. The number of piperidine rings is 1. The van der Waals surface area contributed by atoms with Crippen LogP contribution in [0.1, 0.15) is 46.2 Å². The third kappa shape index (κ3) is 6.29. The molecule has 0 aliphatic carbocycles. The quantitative estimate of drug-likeness (QED) is 0.380. The number of alkyl halides is 2. The molecule has 1 N–H and O–H groups in total. The molecule has 1 unspecified atom stereocenters. The molecule has 1 amide bonds. The molecule has 36 heavy (non-hydrogen) atoms. The average molecular weight is 544 g/mol. The van der Waals surface area contributed by atoms with Crippen molar-refractivity contribution < 1.29 is 27.1 Å². The molecular formula is C23H22ClF4N5O2S. The third-order valence-electron chi connectivity index (χ3n) is 5.92. The van der Waals surface area contributed by atoms with Crippen molar-refractivity contribution in [2.45, 2.75) is 25.3 Å².